The van der Waals surface area contributed by atoms with Gasteiger partial charge in [0.1, 0.15) is 12.4 Å². The molecule has 0 aliphatic carbocycles. The Hall–Kier alpha value is -1.71. The molecule has 0 unspecified atom stereocenters. The Bertz CT molecular complexity index is 442. The topological polar surface area (TPSA) is 47.6 Å². The first-order valence-electron chi connectivity index (χ1n) is 6.19. The Morgan fingerprint density at radius 3 is 2.89 bits per heavy atom. The van der Waals surface area contributed by atoms with E-state index in [9.17, 15) is 4.79 Å². The summed E-state index contributed by atoms with van der Waals surface area (Å²) in [5, 5.41) is 2.88. The summed E-state index contributed by atoms with van der Waals surface area (Å²) in [4.78, 5) is 11.4. The molecule has 98 valence electrons. The van der Waals surface area contributed by atoms with Gasteiger partial charge in [0.25, 0.3) is 0 Å². The molecule has 1 fully saturated rings. The highest BCUT2D eigenvalue weighted by Gasteiger charge is 2.39. The average molecular weight is 249 g/mol. The molecule has 1 aliphatic rings. The summed E-state index contributed by atoms with van der Waals surface area (Å²) in [6.45, 7) is 7.10. The summed E-state index contributed by atoms with van der Waals surface area (Å²) in [5.41, 5.74) is 0.835. The largest absolute Gasteiger partial charge is 0.494 e. The van der Waals surface area contributed by atoms with Crippen molar-refractivity contribution >= 4 is 6.09 Å². The van der Waals surface area contributed by atoms with Gasteiger partial charge in [0, 0.05) is 11.0 Å². The first kappa shape index (κ1) is 12.7. The van der Waals surface area contributed by atoms with Crippen molar-refractivity contribution in [2.24, 2.45) is 5.41 Å². The zero-order valence-corrected chi connectivity index (χ0v) is 11.0. The SMILES string of the molecule is CCOc1ccccc1[C@@H]1NC(=O)OCC1(C)C. The van der Waals surface area contributed by atoms with Gasteiger partial charge >= 0.3 is 6.09 Å². The lowest BCUT2D eigenvalue weighted by molar-refractivity contribution is 0.0379. The second kappa shape index (κ2) is 4.88. The Labute approximate surface area is 107 Å². The van der Waals surface area contributed by atoms with Crippen LogP contribution in [0.4, 0.5) is 4.79 Å². The number of benzene rings is 1. The van der Waals surface area contributed by atoms with Crippen LogP contribution in [0, 0.1) is 5.41 Å². The lowest BCUT2D eigenvalue weighted by atomic mass is 9.80. The predicted octanol–water partition coefficient (Wildman–Crippen LogP) is 2.89. The first-order valence-corrected chi connectivity index (χ1v) is 6.19. The number of rotatable bonds is 3. The summed E-state index contributed by atoms with van der Waals surface area (Å²) in [6.07, 6.45) is -0.370. The van der Waals surface area contributed by atoms with E-state index in [2.05, 4.69) is 19.2 Å². The minimum absolute atomic E-state index is 0.0958. The average Bonchev–Trinajstić information content (AvgIpc) is 2.34. The molecule has 2 rings (SSSR count). The molecule has 1 aromatic rings. The second-order valence-electron chi connectivity index (χ2n) is 5.11. The molecule has 1 atom stereocenters. The van der Waals surface area contributed by atoms with Crippen LogP contribution in [-0.4, -0.2) is 19.3 Å². The van der Waals surface area contributed by atoms with Crippen molar-refractivity contribution in [1.82, 2.24) is 5.32 Å². The van der Waals surface area contributed by atoms with Crippen molar-refractivity contribution in [2.75, 3.05) is 13.2 Å². The van der Waals surface area contributed by atoms with Gasteiger partial charge in [-0.15, -0.1) is 0 Å². The van der Waals surface area contributed by atoms with Crippen LogP contribution < -0.4 is 10.1 Å². The molecule has 0 aromatic heterocycles. The number of para-hydroxylation sites is 1. The number of alkyl carbamates (subject to hydrolysis) is 1. The number of nitrogens with one attached hydrogen (secondary N) is 1. The Balaban J connectivity index is 2.36. The van der Waals surface area contributed by atoms with Crippen molar-refractivity contribution in [1.29, 1.82) is 0 Å². The summed E-state index contributed by atoms with van der Waals surface area (Å²) in [6, 6.07) is 7.71. The second-order valence-corrected chi connectivity index (χ2v) is 5.11. The highest BCUT2D eigenvalue weighted by molar-refractivity contribution is 5.69. The minimum atomic E-state index is -0.370. The maximum atomic E-state index is 11.4. The summed E-state index contributed by atoms with van der Waals surface area (Å²) in [5.74, 6) is 0.820. The van der Waals surface area contributed by atoms with Crippen molar-refractivity contribution in [3.05, 3.63) is 29.8 Å². The van der Waals surface area contributed by atoms with Gasteiger partial charge in [0.2, 0.25) is 0 Å². The molecule has 0 bridgehead atoms. The van der Waals surface area contributed by atoms with E-state index in [-0.39, 0.29) is 17.6 Å². The third-order valence-corrected chi connectivity index (χ3v) is 3.15. The Kier molecular flexibility index (Phi) is 3.45. The van der Waals surface area contributed by atoms with Gasteiger partial charge < -0.3 is 14.8 Å². The van der Waals surface area contributed by atoms with E-state index >= 15 is 0 Å². The fourth-order valence-corrected chi connectivity index (χ4v) is 2.19. The van der Waals surface area contributed by atoms with Gasteiger partial charge in [-0.25, -0.2) is 4.79 Å². The molecule has 1 aromatic carbocycles. The highest BCUT2D eigenvalue weighted by atomic mass is 16.6. The quantitative estimate of drug-likeness (QED) is 0.896. The van der Waals surface area contributed by atoms with Crippen LogP contribution in [0.25, 0.3) is 0 Å². The van der Waals surface area contributed by atoms with Gasteiger partial charge in [-0.2, -0.15) is 0 Å². The van der Waals surface area contributed by atoms with Crippen LogP contribution in [0.3, 0.4) is 0 Å². The molecule has 18 heavy (non-hydrogen) atoms. The fourth-order valence-electron chi connectivity index (χ4n) is 2.19. The molecule has 0 radical (unpaired) electrons. The van der Waals surface area contributed by atoms with Gasteiger partial charge in [-0.3, -0.25) is 0 Å². The van der Waals surface area contributed by atoms with Crippen molar-refractivity contribution < 1.29 is 14.3 Å². The normalized spacial score (nSPS) is 21.9. The minimum Gasteiger partial charge on any atom is -0.494 e. The fraction of sp³-hybridized carbons (Fsp3) is 0.500. The van der Waals surface area contributed by atoms with Crippen LogP contribution in [0.15, 0.2) is 24.3 Å². The third-order valence-electron chi connectivity index (χ3n) is 3.15. The van der Waals surface area contributed by atoms with E-state index in [1.54, 1.807) is 0 Å². The monoisotopic (exact) mass is 249 g/mol. The van der Waals surface area contributed by atoms with E-state index in [1.807, 2.05) is 31.2 Å². The lowest BCUT2D eigenvalue weighted by Crippen LogP contribution is -2.47. The van der Waals surface area contributed by atoms with Crippen LogP contribution >= 0.6 is 0 Å². The molecule has 0 saturated carbocycles. The molecule has 1 heterocycles. The lowest BCUT2D eigenvalue weighted by Gasteiger charge is -2.39. The van der Waals surface area contributed by atoms with E-state index < -0.39 is 0 Å². The molecule has 1 saturated heterocycles. The molecular weight excluding hydrogens is 230 g/mol. The number of ether oxygens (including phenoxy) is 2. The van der Waals surface area contributed by atoms with Crippen LogP contribution in [0.2, 0.25) is 0 Å². The summed E-state index contributed by atoms with van der Waals surface area (Å²) >= 11 is 0. The summed E-state index contributed by atoms with van der Waals surface area (Å²) < 4.78 is 10.7. The van der Waals surface area contributed by atoms with Crippen molar-refractivity contribution in [3.8, 4) is 5.75 Å². The first-order chi connectivity index (χ1) is 8.54. The molecule has 1 amide bonds. The molecule has 1 N–H and O–H groups in total. The number of hydrogen-bond donors (Lipinski definition) is 1. The van der Waals surface area contributed by atoms with E-state index in [0.29, 0.717) is 13.2 Å². The van der Waals surface area contributed by atoms with Crippen LogP contribution in [0.5, 0.6) is 5.75 Å². The standard InChI is InChI=1S/C14H19NO3/c1-4-17-11-8-6-5-7-10(11)12-14(2,3)9-18-13(16)15-12/h5-8,12H,4,9H2,1-3H3,(H,15,16)/t12-/m0/s1. The number of amides is 1. The highest BCUT2D eigenvalue weighted by Crippen LogP contribution is 2.40. The Morgan fingerprint density at radius 1 is 1.44 bits per heavy atom. The predicted molar refractivity (Wildman–Crippen MR) is 68.6 cm³/mol. The third kappa shape index (κ3) is 2.42. The molecular formula is C14H19NO3. The number of carbonyl (C=O) groups is 1. The smallest absolute Gasteiger partial charge is 0.407 e. The number of cyclic esters (lactones) is 1. The van der Waals surface area contributed by atoms with E-state index in [4.69, 9.17) is 9.47 Å². The Morgan fingerprint density at radius 2 is 2.17 bits per heavy atom. The summed E-state index contributed by atoms with van der Waals surface area (Å²) in [7, 11) is 0. The zero-order chi connectivity index (χ0) is 13.2. The van der Waals surface area contributed by atoms with E-state index in [1.165, 1.54) is 0 Å². The van der Waals surface area contributed by atoms with Crippen molar-refractivity contribution in [2.45, 2.75) is 26.8 Å². The van der Waals surface area contributed by atoms with E-state index in [0.717, 1.165) is 11.3 Å². The molecule has 0 spiro atoms. The number of hydrogen-bond acceptors (Lipinski definition) is 3. The van der Waals surface area contributed by atoms with Crippen LogP contribution in [0.1, 0.15) is 32.4 Å². The maximum Gasteiger partial charge on any atom is 0.407 e. The molecule has 4 nitrogen and oxygen atoms in total. The van der Waals surface area contributed by atoms with Gasteiger partial charge in [0.15, 0.2) is 0 Å². The molecule has 4 heteroatoms. The molecule has 1 aliphatic heterocycles. The maximum absolute atomic E-state index is 11.4. The van der Waals surface area contributed by atoms with Gasteiger partial charge in [-0.05, 0) is 13.0 Å². The zero-order valence-electron chi connectivity index (χ0n) is 11.0. The van der Waals surface area contributed by atoms with Crippen LogP contribution in [-0.2, 0) is 4.74 Å². The van der Waals surface area contributed by atoms with Gasteiger partial charge in [0.05, 0.1) is 12.6 Å². The van der Waals surface area contributed by atoms with Crippen molar-refractivity contribution in [3.63, 3.8) is 0 Å². The number of carbonyl (C=O) groups excluding carboxylic acids is 1. The van der Waals surface area contributed by atoms with Gasteiger partial charge in [-0.1, -0.05) is 32.0 Å².